The van der Waals surface area contributed by atoms with E-state index in [4.69, 9.17) is 0 Å². The molecule has 2 N–H and O–H groups in total. The maximum Gasteiger partial charge on any atom is 0.321 e. The van der Waals surface area contributed by atoms with Gasteiger partial charge < -0.3 is 10.2 Å². The van der Waals surface area contributed by atoms with Crippen LogP contribution in [0.4, 0.5) is 0 Å². The Hall–Kier alpha value is -1.06. The predicted molar refractivity (Wildman–Crippen MR) is 57.0 cm³/mol. The zero-order valence-electron chi connectivity index (χ0n) is 9.32. The summed E-state index contributed by atoms with van der Waals surface area (Å²) in [4.78, 5) is 22.8. The Balaban J connectivity index is 2.35. The molecular weight excluding hydrogens is 208 g/mol. The number of carboxylic acid groups (broad SMARTS) is 2. The highest BCUT2D eigenvalue weighted by Crippen LogP contribution is 2.51. The van der Waals surface area contributed by atoms with Crippen molar-refractivity contribution in [2.75, 3.05) is 0 Å². The molecule has 2 aliphatic carbocycles. The van der Waals surface area contributed by atoms with E-state index < -0.39 is 17.4 Å². The summed E-state index contributed by atoms with van der Waals surface area (Å²) in [6.07, 6.45) is 5.92. The highest BCUT2D eigenvalue weighted by Gasteiger charge is 2.56. The monoisotopic (exact) mass is 226 g/mol. The summed E-state index contributed by atoms with van der Waals surface area (Å²) in [5.41, 5.74) is -1.50. The lowest BCUT2D eigenvalue weighted by molar-refractivity contribution is -0.176. The lowest BCUT2D eigenvalue weighted by atomic mass is 9.57. The van der Waals surface area contributed by atoms with Crippen LogP contribution in [-0.4, -0.2) is 22.2 Å². The molecule has 0 aromatic carbocycles. The van der Waals surface area contributed by atoms with Crippen molar-refractivity contribution >= 4 is 11.9 Å². The highest BCUT2D eigenvalue weighted by molar-refractivity contribution is 5.98. The van der Waals surface area contributed by atoms with Crippen molar-refractivity contribution in [2.24, 2.45) is 17.3 Å². The molecule has 0 radical (unpaired) electrons. The first-order valence-electron chi connectivity index (χ1n) is 6.06. The van der Waals surface area contributed by atoms with Gasteiger partial charge in [0.1, 0.15) is 0 Å². The van der Waals surface area contributed by atoms with Crippen LogP contribution in [0.2, 0.25) is 0 Å². The molecule has 2 unspecified atom stereocenters. The molecule has 0 aliphatic heterocycles. The molecule has 16 heavy (non-hydrogen) atoms. The Kier molecular flexibility index (Phi) is 2.91. The van der Waals surface area contributed by atoms with Crippen molar-refractivity contribution in [1.29, 1.82) is 0 Å². The molecule has 2 fully saturated rings. The largest absolute Gasteiger partial charge is 0.480 e. The third-order valence-electron chi connectivity index (χ3n) is 4.45. The van der Waals surface area contributed by atoms with Crippen LogP contribution in [0.25, 0.3) is 0 Å². The average Bonchev–Trinajstić information content (AvgIpc) is 2.27. The summed E-state index contributed by atoms with van der Waals surface area (Å²) in [6.45, 7) is 0. The number of carbonyl (C=O) groups is 2. The van der Waals surface area contributed by atoms with Crippen molar-refractivity contribution in [2.45, 2.75) is 44.9 Å². The molecule has 2 aliphatic rings. The van der Waals surface area contributed by atoms with Gasteiger partial charge in [0.15, 0.2) is 5.41 Å². The van der Waals surface area contributed by atoms with E-state index in [-0.39, 0.29) is 5.92 Å². The number of rotatable bonds is 2. The standard InChI is InChI=1S/C12H18O4/c13-10(14)12(11(15)16)7-3-5-8-4-1-2-6-9(8)12/h8-9H,1-7H2,(H,13,14)(H,15,16). The second kappa shape index (κ2) is 4.07. The summed E-state index contributed by atoms with van der Waals surface area (Å²) >= 11 is 0. The first-order valence-corrected chi connectivity index (χ1v) is 6.06. The molecule has 0 bridgehead atoms. The molecule has 0 heterocycles. The van der Waals surface area contributed by atoms with Gasteiger partial charge >= 0.3 is 11.9 Å². The fraction of sp³-hybridized carbons (Fsp3) is 0.833. The number of aliphatic carboxylic acids is 2. The van der Waals surface area contributed by atoms with Crippen molar-refractivity contribution in [3.63, 3.8) is 0 Å². The molecule has 4 heteroatoms. The molecule has 0 aromatic rings. The van der Waals surface area contributed by atoms with Crippen LogP contribution in [0.3, 0.4) is 0 Å². The topological polar surface area (TPSA) is 74.6 Å². The second-order valence-corrected chi connectivity index (χ2v) is 5.12. The zero-order chi connectivity index (χ0) is 11.8. The van der Waals surface area contributed by atoms with E-state index in [0.29, 0.717) is 12.3 Å². The van der Waals surface area contributed by atoms with Gasteiger partial charge in [0.05, 0.1) is 0 Å². The number of carboxylic acids is 2. The molecule has 4 nitrogen and oxygen atoms in total. The molecule has 0 aromatic heterocycles. The van der Waals surface area contributed by atoms with Gasteiger partial charge in [0.25, 0.3) is 0 Å². The van der Waals surface area contributed by atoms with E-state index in [1.54, 1.807) is 0 Å². The number of fused-ring (bicyclic) bond motifs is 1. The van der Waals surface area contributed by atoms with Gasteiger partial charge in [-0.05, 0) is 24.7 Å². The molecule has 2 atom stereocenters. The maximum atomic E-state index is 11.4. The maximum absolute atomic E-state index is 11.4. The minimum atomic E-state index is -1.50. The van der Waals surface area contributed by atoms with Crippen LogP contribution >= 0.6 is 0 Å². The summed E-state index contributed by atoms with van der Waals surface area (Å²) in [5.74, 6) is -2.09. The van der Waals surface area contributed by atoms with Crippen LogP contribution in [0.15, 0.2) is 0 Å². The Bertz CT molecular complexity index is 294. The average molecular weight is 226 g/mol. The van der Waals surface area contributed by atoms with Gasteiger partial charge in [-0.3, -0.25) is 9.59 Å². The molecule has 2 rings (SSSR count). The van der Waals surface area contributed by atoms with Gasteiger partial charge in [-0.15, -0.1) is 0 Å². The van der Waals surface area contributed by atoms with Crippen LogP contribution in [-0.2, 0) is 9.59 Å². The minimum absolute atomic E-state index is 0.148. The van der Waals surface area contributed by atoms with Gasteiger partial charge in [0.2, 0.25) is 0 Å². The van der Waals surface area contributed by atoms with E-state index in [1.807, 2.05) is 0 Å². The molecular formula is C12H18O4. The first-order chi connectivity index (χ1) is 7.59. The SMILES string of the molecule is O=C(O)C1(C(=O)O)CCCC2CCCCC21. The second-order valence-electron chi connectivity index (χ2n) is 5.12. The lowest BCUT2D eigenvalue weighted by Gasteiger charge is -2.45. The normalized spacial score (nSPS) is 32.8. The van der Waals surface area contributed by atoms with Gasteiger partial charge in [-0.1, -0.05) is 32.1 Å². The van der Waals surface area contributed by atoms with Crippen molar-refractivity contribution in [3.8, 4) is 0 Å². The third-order valence-corrected chi connectivity index (χ3v) is 4.45. The van der Waals surface area contributed by atoms with Gasteiger partial charge in [-0.2, -0.15) is 0 Å². The van der Waals surface area contributed by atoms with E-state index in [9.17, 15) is 19.8 Å². The summed E-state index contributed by atoms with van der Waals surface area (Å²) in [5, 5.41) is 18.6. The van der Waals surface area contributed by atoms with Crippen molar-refractivity contribution in [1.82, 2.24) is 0 Å². The van der Waals surface area contributed by atoms with E-state index in [2.05, 4.69) is 0 Å². The number of hydrogen-bond acceptors (Lipinski definition) is 2. The van der Waals surface area contributed by atoms with Crippen molar-refractivity contribution in [3.05, 3.63) is 0 Å². The molecule has 90 valence electrons. The van der Waals surface area contributed by atoms with Crippen LogP contribution in [0.5, 0.6) is 0 Å². The van der Waals surface area contributed by atoms with Crippen molar-refractivity contribution < 1.29 is 19.8 Å². The third kappa shape index (κ3) is 1.51. The Morgan fingerprint density at radius 3 is 2.12 bits per heavy atom. The van der Waals surface area contributed by atoms with Crippen LogP contribution in [0, 0.1) is 17.3 Å². The smallest absolute Gasteiger partial charge is 0.321 e. The zero-order valence-corrected chi connectivity index (χ0v) is 9.32. The van der Waals surface area contributed by atoms with Gasteiger partial charge in [-0.25, -0.2) is 0 Å². The van der Waals surface area contributed by atoms with Crippen LogP contribution in [0.1, 0.15) is 44.9 Å². The quantitative estimate of drug-likeness (QED) is 0.707. The summed E-state index contributed by atoms with van der Waals surface area (Å²) < 4.78 is 0. The Morgan fingerprint density at radius 2 is 1.50 bits per heavy atom. The summed E-state index contributed by atoms with van der Waals surface area (Å²) in [6, 6.07) is 0. The fourth-order valence-corrected chi connectivity index (χ4v) is 3.65. The lowest BCUT2D eigenvalue weighted by Crippen LogP contribution is -2.51. The highest BCUT2D eigenvalue weighted by atomic mass is 16.4. The molecule has 0 spiro atoms. The number of hydrogen-bond donors (Lipinski definition) is 2. The minimum Gasteiger partial charge on any atom is -0.480 e. The molecule has 2 saturated carbocycles. The van der Waals surface area contributed by atoms with Gasteiger partial charge in [0, 0.05) is 0 Å². The fourth-order valence-electron chi connectivity index (χ4n) is 3.65. The Morgan fingerprint density at radius 1 is 0.938 bits per heavy atom. The first kappa shape index (κ1) is 11.4. The summed E-state index contributed by atoms with van der Waals surface area (Å²) in [7, 11) is 0. The molecule has 0 amide bonds. The molecule has 0 saturated heterocycles. The predicted octanol–water partition coefficient (Wildman–Crippen LogP) is 2.13. The van der Waals surface area contributed by atoms with E-state index in [1.165, 1.54) is 0 Å². The Labute approximate surface area is 94.7 Å². The van der Waals surface area contributed by atoms with E-state index in [0.717, 1.165) is 38.5 Å². The van der Waals surface area contributed by atoms with Crippen LogP contribution < -0.4 is 0 Å². The van der Waals surface area contributed by atoms with E-state index >= 15 is 0 Å².